The monoisotopic (exact) mass is 408 g/mol. The molecule has 4 nitrogen and oxygen atoms in total. The molecule has 0 aliphatic rings. The lowest BCUT2D eigenvalue weighted by Gasteiger charge is -2.11. The van der Waals surface area contributed by atoms with Gasteiger partial charge in [0.05, 0.1) is 11.3 Å². The fourth-order valence-corrected chi connectivity index (χ4v) is 3.60. The van der Waals surface area contributed by atoms with Crippen LogP contribution in [0.1, 0.15) is 21.5 Å². The third kappa shape index (κ3) is 5.45. The van der Waals surface area contributed by atoms with Gasteiger partial charge in [-0.05, 0) is 55.3 Å². The zero-order valence-electron chi connectivity index (χ0n) is 16.2. The molecule has 0 fully saturated rings. The van der Waals surface area contributed by atoms with Crippen molar-refractivity contribution < 1.29 is 14.0 Å². The van der Waals surface area contributed by atoms with Gasteiger partial charge in [-0.1, -0.05) is 36.4 Å². The molecular formula is C23H21FN2O2S. The molecule has 3 aromatic carbocycles. The average molecular weight is 408 g/mol. The molecule has 6 heteroatoms. The number of hydrogen-bond donors (Lipinski definition) is 2. The van der Waals surface area contributed by atoms with Gasteiger partial charge < -0.3 is 10.6 Å². The first-order chi connectivity index (χ1) is 13.9. The molecule has 29 heavy (non-hydrogen) atoms. The second-order valence-electron chi connectivity index (χ2n) is 6.57. The number of nitrogens with one attached hydrogen (secondary N) is 2. The second-order valence-corrected chi connectivity index (χ2v) is 7.61. The molecule has 0 saturated carbocycles. The Kier molecular flexibility index (Phi) is 6.67. The molecule has 0 aliphatic heterocycles. The van der Waals surface area contributed by atoms with Crippen LogP contribution in [-0.4, -0.2) is 17.6 Å². The number of rotatable bonds is 6. The Hall–Kier alpha value is -3.12. The summed E-state index contributed by atoms with van der Waals surface area (Å²) in [6.07, 6.45) is 0. The van der Waals surface area contributed by atoms with Crippen molar-refractivity contribution in [2.45, 2.75) is 18.7 Å². The van der Waals surface area contributed by atoms with Crippen LogP contribution in [0.2, 0.25) is 0 Å². The number of anilines is 2. The van der Waals surface area contributed by atoms with E-state index in [0.29, 0.717) is 5.69 Å². The lowest BCUT2D eigenvalue weighted by Crippen LogP contribution is -2.16. The van der Waals surface area contributed by atoms with Gasteiger partial charge in [0.25, 0.3) is 5.91 Å². The molecule has 0 atom stereocenters. The van der Waals surface area contributed by atoms with Crippen molar-refractivity contribution in [1.82, 2.24) is 0 Å². The van der Waals surface area contributed by atoms with Crippen LogP contribution < -0.4 is 10.6 Å². The zero-order chi connectivity index (χ0) is 20.8. The predicted octanol–water partition coefficient (Wildman–Crippen LogP) is 5.43. The molecule has 0 saturated heterocycles. The second kappa shape index (κ2) is 9.39. The lowest BCUT2D eigenvalue weighted by molar-refractivity contribution is -0.113. The topological polar surface area (TPSA) is 58.2 Å². The van der Waals surface area contributed by atoms with Gasteiger partial charge in [0, 0.05) is 16.3 Å². The van der Waals surface area contributed by atoms with Crippen LogP contribution >= 0.6 is 11.8 Å². The minimum Gasteiger partial charge on any atom is -0.325 e. The third-order valence-electron chi connectivity index (χ3n) is 4.33. The Morgan fingerprint density at radius 1 is 0.897 bits per heavy atom. The van der Waals surface area contributed by atoms with Gasteiger partial charge in [0.15, 0.2) is 0 Å². The number of carbonyl (C=O) groups excluding carboxylic acids is 2. The Morgan fingerprint density at radius 3 is 2.31 bits per heavy atom. The molecule has 2 amide bonds. The minimum atomic E-state index is -0.571. The molecule has 0 aliphatic carbocycles. The summed E-state index contributed by atoms with van der Waals surface area (Å²) in [6.45, 7) is 3.91. The minimum absolute atomic E-state index is 0.0152. The number of halogens is 1. The van der Waals surface area contributed by atoms with Crippen molar-refractivity contribution in [2.75, 3.05) is 16.4 Å². The van der Waals surface area contributed by atoms with E-state index < -0.39 is 11.7 Å². The number of aryl methyl sites for hydroxylation is 2. The Balaban J connectivity index is 1.61. The van der Waals surface area contributed by atoms with Gasteiger partial charge in [0.1, 0.15) is 5.82 Å². The molecule has 3 rings (SSSR count). The van der Waals surface area contributed by atoms with Crippen molar-refractivity contribution >= 4 is 35.0 Å². The summed E-state index contributed by atoms with van der Waals surface area (Å²) < 4.78 is 13.8. The normalized spacial score (nSPS) is 10.4. The molecule has 0 spiro atoms. The molecule has 0 heterocycles. The van der Waals surface area contributed by atoms with Gasteiger partial charge in [-0.2, -0.15) is 0 Å². The molecule has 0 radical (unpaired) electrons. The van der Waals surface area contributed by atoms with E-state index in [1.54, 1.807) is 24.3 Å². The predicted molar refractivity (Wildman–Crippen MR) is 116 cm³/mol. The lowest BCUT2D eigenvalue weighted by atomic mass is 10.1. The van der Waals surface area contributed by atoms with Gasteiger partial charge >= 0.3 is 0 Å². The van der Waals surface area contributed by atoms with Crippen molar-refractivity contribution in [1.29, 1.82) is 0 Å². The number of para-hydroxylation sites is 1. The van der Waals surface area contributed by atoms with E-state index >= 15 is 0 Å². The third-order valence-corrected chi connectivity index (χ3v) is 5.32. The Morgan fingerprint density at radius 2 is 1.59 bits per heavy atom. The highest BCUT2D eigenvalue weighted by Crippen LogP contribution is 2.24. The standard InChI is InChI=1S/C23H21FN2O2S/c1-15-7-5-8-16(2)22(15)26-21(27)14-29-18-10-6-9-17(13-18)25-23(28)19-11-3-4-12-20(19)24/h3-13H,14H2,1-2H3,(H,25,28)(H,26,27). The smallest absolute Gasteiger partial charge is 0.258 e. The summed E-state index contributed by atoms with van der Waals surface area (Å²) in [4.78, 5) is 25.4. The number of benzene rings is 3. The van der Waals surface area contributed by atoms with E-state index in [-0.39, 0.29) is 17.2 Å². The number of thioether (sulfide) groups is 1. The summed E-state index contributed by atoms with van der Waals surface area (Å²) in [5.74, 6) is -0.955. The molecular weight excluding hydrogens is 387 g/mol. The van der Waals surface area contributed by atoms with Crippen LogP contribution in [0, 0.1) is 19.7 Å². The van der Waals surface area contributed by atoms with Crippen molar-refractivity contribution in [3.05, 3.63) is 89.2 Å². The SMILES string of the molecule is Cc1cccc(C)c1NC(=O)CSc1cccc(NC(=O)c2ccccc2F)c1. The molecule has 0 bridgehead atoms. The van der Waals surface area contributed by atoms with Crippen molar-refractivity contribution in [2.24, 2.45) is 0 Å². The number of hydrogen-bond acceptors (Lipinski definition) is 3. The molecule has 2 N–H and O–H groups in total. The van der Waals surface area contributed by atoms with E-state index in [0.717, 1.165) is 21.7 Å². The Bertz CT molecular complexity index is 1030. The summed E-state index contributed by atoms with van der Waals surface area (Å²) >= 11 is 1.36. The first-order valence-corrected chi connectivity index (χ1v) is 10.1. The van der Waals surface area contributed by atoms with E-state index in [9.17, 15) is 14.0 Å². The number of carbonyl (C=O) groups is 2. The van der Waals surface area contributed by atoms with Gasteiger partial charge in [-0.3, -0.25) is 9.59 Å². The quantitative estimate of drug-likeness (QED) is 0.535. The molecule has 0 aromatic heterocycles. The molecule has 0 unspecified atom stereocenters. The van der Waals surface area contributed by atoms with Crippen LogP contribution in [0.25, 0.3) is 0 Å². The maximum absolute atomic E-state index is 13.8. The van der Waals surface area contributed by atoms with E-state index in [4.69, 9.17) is 0 Å². The molecule has 3 aromatic rings. The van der Waals surface area contributed by atoms with Crippen LogP contribution in [0.4, 0.5) is 15.8 Å². The molecule has 148 valence electrons. The van der Waals surface area contributed by atoms with E-state index in [1.165, 1.54) is 30.0 Å². The zero-order valence-corrected chi connectivity index (χ0v) is 17.0. The van der Waals surface area contributed by atoms with Crippen LogP contribution in [0.15, 0.2) is 71.6 Å². The summed E-state index contributed by atoms with van der Waals surface area (Å²) in [6, 6.07) is 18.8. The van der Waals surface area contributed by atoms with E-state index in [1.807, 2.05) is 38.1 Å². The van der Waals surface area contributed by atoms with Crippen molar-refractivity contribution in [3.63, 3.8) is 0 Å². The number of amides is 2. The first kappa shape index (κ1) is 20.6. The highest BCUT2D eigenvalue weighted by molar-refractivity contribution is 8.00. The van der Waals surface area contributed by atoms with Crippen LogP contribution in [0.3, 0.4) is 0 Å². The fraction of sp³-hybridized carbons (Fsp3) is 0.130. The maximum atomic E-state index is 13.8. The largest absolute Gasteiger partial charge is 0.325 e. The highest BCUT2D eigenvalue weighted by atomic mass is 32.2. The van der Waals surface area contributed by atoms with Crippen molar-refractivity contribution in [3.8, 4) is 0 Å². The summed E-state index contributed by atoms with van der Waals surface area (Å²) in [7, 11) is 0. The average Bonchev–Trinajstić information content (AvgIpc) is 2.70. The summed E-state index contributed by atoms with van der Waals surface area (Å²) in [5, 5.41) is 5.64. The van der Waals surface area contributed by atoms with E-state index in [2.05, 4.69) is 10.6 Å². The van der Waals surface area contributed by atoms with Gasteiger partial charge in [0.2, 0.25) is 5.91 Å². The summed E-state index contributed by atoms with van der Waals surface area (Å²) in [5.41, 5.74) is 3.39. The van der Waals surface area contributed by atoms with Crippen LogP contribution in [-0.2, 0) is 4.79 Å². The van der Waals surface area contributed by atoms with Gasteiger partial charge in [-0.15, -0.1) is 11.8 Å². The van der Waals surface area contributed by atoms with Gasteiger partial charge in [-0.25, -0.2) is 4.39 Å². The fourth-order valence-electron chi connectivity index (χ4n) is 2.84. The highest BCUT2D eigenvalue weighted by Gasteiger charge is 2.12. The maximum Gasteiger partial charge on any atom is 0.258 e. The van der Waals surface area contributed by atoms with Crippen LogP contribution in [0.5, 0.6) is 0 Å². The Labute approximate surface area is 173 Å². The first-order valence-electron chi connectivity index (χ1n) is 9.09.